The largest absolute Gasteiger partial charge is 0.310 e. The molecular weight excluding hydrogens is 352 g/mol. The molecule has 0 unspecified atom stereocenters. The van der Waals surface area contributed by atoms with E-state index in [1.54, 1.807) is 47.5 Å². The van der Waals surface area contributed by atoms with Crippen LogP contribution in [-0.2, 0) is 5.41 Å². The number of nitriles is 1. The van der Waals surface area contributed by atoms with E-state index < -0.39 is 5.41 Å². The van der Waals surface area contributed by atoms with E-state index in [0.29, 0.717) is 22.8 Å². The molecule has 0 atom stereocenters. The Morgan fingerprint density at radius 2 is 2.00 bits per heavy atom. The van der Waals surface area contributed by atoms with Crippen LogP contribution in [0.3, 0.4) is 0 Å². The minimum atomic E-state index is -0.622. The first kappa shape index (κ1) is 19.2. The van der Waals surface area contributed by atoms with Crippen LogP contribution in [0.2, 0.25) is 0 Å². The second kappa shape index (κ2) is 7.24. The number of aromatic nitrogens is 4. The Bertz CT molecular complexity index is 1060. The standard InChI is InChI=1S/C21H22N6O/c1-14-9-16(21(3,4)13-22)10-24-19(14)27-15(2)18(12-25-27)20(28)26(5)17-7-6-8-23-11-17/h6-12H,1-5H3. The number of amides is 1. The molecule has 0 saturated carbocycles. The van der Waals surface area contributed by atoms with Gasteiger partial charge in [-0.1, -0.05) is 0 Å². The Hall–Kier alpha value is -3.53. The second-order valence-electron chi connectivity index (χ2n) is 7.23. The summed E-state index contributed by atoms with van der Waals surface area (Å²) < 4.78 is 1.66. The highest BCUT2D eigenvalue weighted by atomic mass is 16.2. The van der Waals surface area contributed by atoms with E-state index in [2.05, 4.69) is 21.1 Å². The van der Waals surface area contributed by atoms with Crippen LogP contribution in [0.25, 0.3) is 5.82 Å². The van der Waals surface area contributed by atoms with Gasteiger partial charge in [-0.3, -0.25) is 9.78 Å². The van der Waals surface area contributed by atoms with Crippen molar-refractivity contribution in [1.82, 2.24) is 19.7 Å². The molecule has 0 aliphatic rings. The van der Waals surface area contributed by atoms with Gasteiger partial charge in [-0.15, -0.1) is 0 Å². The first-order valence-electron chi connectivity index (χ1n) is 8.87. The van der Waals surface area contributed by atoms with Crippen LogP contribution in [0.15, 0.2) is 43.0 Å². The Labute approximate surface area is 164 Å². The Morgan fingerprint density at radius 3 is 2.61 bits per heavy atom. The zero-order chi connectivity index (χ0) is 20.5. The third-order valence-electron chi connectivity index (χ3n) is 4.83. The van der Waals surface area contributed by atoms with Crippen LogP contribution < -0.4 is 4.90 Å². The van der Waals surface area contributed by atoms with Gasteiger partial charge in [-0.2, -0.15) is 10.4 Å². The lowest BCUT2D eigenvalue weighted by Crippen LogP contribution is -2.26. The van der Waals surface area contributed by atoms with Crippen molar-refractivity contribution in [3.05, 3.63) is 65.4 Å². The molecule has 0 N–H and O–H groups in total. The van der Waals surface area contributed by atoms with Crippen molar-refractivity contribution in [1.29, 1.82) is 5.26 Å². The number of carbonyl (C=O) groups excluding carboxylic acids is 1. The SMILES string of the molecule is Cc1cc(C(C)(C)C#N)cnc1-n1ncc(C(=O)N(C)c2cccnc2)c1C. The smallest absolute Gasteiger partial charge is 0.261 e. The lowest BCUT2D eigenvalue weighted by atomic mass is 9.87. The van der Waals surface area contributed by atoms with Crippen molar-refractivity contribution in [3.63, 3.8) is 0 Å². The maximum absolute atomic E-state index is 12.9. The summed E-state index contributed by atoms with van der Waals surface area (Å²) in [6.07, 6.45) is 6.55. The summed E-state index contributed by atoms with van der Waals surface area (Å²) in [5.74, 6) is 0.467. The lowest BCUT2D eigenvalue weighted by molar-refractivity contribution is 0.0992. The van der Waals surface area contributed by atoms with E-state index in [1.807, 2.05) is 39.8 Å². The van der Waals surface area contributed by atoms with Gasteiger partial charge >= 0.3 is 0 Å². The van der Waals surface area contributed by atoms with Gasteiger partial charge in [-0.05, 0) is 57.0 Å². The predicted molar refractivity (Wildman–Crippen MR) is 106 cm³/mol. The topological polar surface area (TPSA) is 87.7 Å². The molecule has 0 spiro atoms. The summed E-state index contributed by atoms with van der Waals surface area (Å²) in [7, 11) is 1.71. The Kier molecular flexibility index (Phi) is 4.97. The monoisotopic (exact) mass is 374 g/mol. The molecule has 0 bridgehead atoms. The zero-order valence-electron chi connectivity index (χ0n) is 16.6. The average molecular weight is 374 g/mol. The number of aryl methyl sites for hydroxylation is 1. The van der Waals surface area contributed by atoms with Crippen LogP contribution in [-0.4, -0.2) is 32.7 Å². The fraction of sp³-hybridized carbons (Fsp3) is 0.286. The molecule has 0 radical (unpaired) electrons. The second-order valence-corrected chi connectivity index (χ2v) is 7.23. The van der Waals surface area contributed by atoms with E-state index in [4.69, 9.17) is 0 Å². The number of nitrogens with zero attached hydrogens (tertiary/aromatic N) is 6. The summed E-state index contributed by atoms with van der Waals surface area (Å²) >= 11 is 0. The molecule has 0 aromatic carbocycles. The number of anilines is 1. The first-order chi connectivity index (χ1) is 13.3. The highest BCUT2D eigenvalue weighted by molar-refractivity contribution is 6.06. The van der Waals surface area contributed by atoms with Crippen LogP contribution in [0.1, 0.15) is 41.0 Å². The third-order valence-corrected chi connectivity index (χ3v) is 4.83. The highest BCUT2D eigenvalue weighted by Crippen LogP contribution is 2.25. The van der Waals surface area contributed by atoms with Gasteiger partial charge in [0.25, 0.3) is 5.91 Å². The van der Waals surface area contributed by atoms with Crippen LogP contribution in [0.5, 0.6) is 0 Å². The van der Waals surface area contributed by atoms with E-state index in [-0.39, 0.29) is 5.91 Å². The normalized spacial score (nSPS) is 11.1. The number of carbonyl (C=O) groups is 1. The van der Waals surface area contributed by atoms with Crippen LogP contribution in [0.4, 0.5) is 5.69 Å². The molecule has 3 aromatic heterocycles. The Balaban J connectivity index is 1.96. The van der Waals surface area contributed by atoms with Crippen molar-refractivity contribution < 1.29 is 4.79 Å². The molecule has 0 saturated heterocycles. The first-order valence-corrected chi connectivity index (χ1v) is 8.87. The van der Waals surface area contributed by atoms with Crippen molar-refractivity contribution in [2.75, 3.05) is 11.9 Å². The minimum Gasteiger partial charge on any atom is -0.310 e. The minimum absolute atomic E-state index is 0.170. The molecule has 3 aromatic rings. The van der Waals surface area contributed by atoms with Crippen LogP contribution in [0, 0.1) is 25.2 Å². The molecule has 3 heterocycles. The fourth-order valence-electron chi connectivity index (χ4n) is 2.88. The molecule has 0 aliphatic heterocycles. The quantitative estimate of drug-likeness (QED) is 0.699. The van der Waals surface area contributed by atoms with Gasteiger partial charge < -0.3 is 4.90 Å². The summed E-state index contributed by atoms with van der Waals surface area (Å²) in [5, 5.41) is 13.7. The lowest BCUT2D eigenvalue weighted by Gasteiger charge is -2.18. The number of pyridine rings is 2. The van der Waals surface area contributed by atoms with Gasteiger partial charge in [0.1, 0.15) is 0 Å². The highest BCUT2D eigenvalue weighted by Gasteiger charge is 2.23. The molecule has 7 nitrogen and oxygen atoms in total. The van der Waals surface area contributed by atoms with E-state index in [1.165, 1.54) is 0 Å². The summed E-state index contributed by atoms with van der Waals surface area (Å²) in [6, 6.07) is 7.84. The predicted octanol–water partition coefficient (Wildman–Crippen LogP) is 3.36. The van der Waals surface area contributed by atoms with Crippen molar-refractivity contribution in [3.8, 4) is 11.9 Å². The van der Waals surface area contributed by atoms with Gasteiger partial charge in [0.05, 0.1) is 40.8 Å². The van der Waals surface area contributed by atoms with E-state index in [0.717, 1.165) is 11.1 Å². The third kappa shape index (κ3) is 3.37. The summed E-state index contributed by atoms with van der Waals surface area (Å²) in [6.45, 7) is 7.47. The van der Waals surface area contributed by atoms with Gasteiger partial charge in [0.2, 0.25) is 0 Å². The van der Waals surface area contributed by atoms with E-state index >= 15 is 0 Å². The van der Waals surface area contributed by atoms with Crippen molar-refractivity contribution in [2.45, 2.75) is 33.1 Å². The maximum Gasteiger partial charge on any atom is 0.261 e. The Morgan fingerprint density at radius 1 is 1.25 bits per heavy atom. The molecule has 0 aliphatic carbocycles. The summed E-state index contributed by atoms with van der Waals surface area (Å²) in [5.41, 5.74) is 3.00. The van der Waals surface area contributed by atoms with Gasteiger partial charge in [-0.25, -0.2) is 9.67 Å². The molecule has 3 rings (SSSR count). The maximum atomic E-state index is 12.9. The van der Waals surface area contributed by atoms with E-state index in [9.17, 15) is 10.1 Å². The molecule has 28 heavy (non-hydrogen) atoms. The van der Waals surface area contributed by atoms with Crippen LogP contribution >= 0.6 is 0 Å². The molecule has 7 heteroatoms. The average Bonchev–Trinajstić information content (AvgIpc) is 3.08. The molecule has 1 amide bonds. The molecule has 0 fully saturated rings. The zero-order valence-corrected chi connectivity index (χ0v) is 16.6. The molecular formula is C21H22N6O. The number of hydrogen-bond donors (Lipinski definition) is 0. The van der Waals surface area contributed by atoms with Crippen molar-refractivity contribution >= 4 is 11.6 Å². The van der Waals surface area contributed by atoms with Gasteiger partial charge in [0.15, 0.2) is 5.82 Å². The number of hydrogen-bond acceptors (Lipinski definition) is 5. The molecule has 142 valence electrons. The summed E-state index contributed by atoms with van der Waals surface area (Å²) in [4.78, 5) is 23.0. The fourth-order valence-corrected chi connectivity index (χ4v) is 2.88. The number of rotatable bonds is 4. The van der Waals surface area contributed by atoms with Crippen molar-refractivity contribution in [2.24, 2.45) is 0 Å². The van der Waals surface area contributed by atoms with Gasteiger partial charge in [0, 0.05) is 19.4 Å².